The zero-order valence-electron chi connectivity index (χ0n) is 13.6. The Labute approximate surface area is 142 Å². The molecular formula is C18H22N4O2. The second-order valence-electron chi connectivity index (χ2n) is 5.64. The van der Waals surface area contributed by atoms with Gasteiger partial charge in [0.15, 0.2) is 0 Å². The molecule has 0 saturated carbocycles. The molecule has 1 aliphatic rings. The summed E-state index contributed by atoms with van der Waals surface area (Å²) >= 11 is 0. The summed E-state index contributed by atoms with van der Waals surface area (Å²) in [7, 11) is 0. The van der Waals surface area contributed by atoms with E-state index in [-0.39, 0.29) is 6.03 Å². The lowest BCUT2D eigenvalue weighted by Gasteiger charge is -2.34. The van der Waals surface area contributed by atoms with E-state index in [9.17, 15) is 4.79 Å². The van der Waals surface area contributed by atoms with Gasteiger partial charge in [-0.3, -0.25) is 10.2 Å². The van der Waals surface area contributed by atoms with E-state index in [1.165, 1.54) is 0 Å². The fraction of sp³-hybridized carbons (Fsp3) is 0.333. The van der Waals surface area contributed by atoms with Gasteiger partial charge >= 0.3 is 6.03 Å². The quantitative estimate of drug-likeness (QED) is 0.916. The molecule has 1 aromatic heterocycles. The minimum atomic E-state index is -0.0890. The number of nitrogens with one attached hydrogen (secondary N) is 1. The number of hydrogen-bond donors (Lipinski definition) is 1. The summed E-state index contributed by atoms with van der Waals surface area (Å²) in [5, 5.41) is 2.82. The normalized spacial score (nSPS) is 15.1. The molecule has 0 bridgehead atoms. The highest BCUT2D eigenvalue weighted by atomic mass is 16.5. The van der Waals surface area contributed by atoms with E-state index in [1.807, 2.05) is 47.4 Å². The largest absolute Gasteiger partial charge is 0.492 e. The highest BCUT2D eigenvalue weighted by Gasteiger charge is 2.21. The SMILES string of the molecule is O=C(Nc1ccccn1)N1CCN(CCOc2ccccc2)CC1. The lowest BCUT2D eigenvalue weighted by molar-refractivity contribution is 0.132. The summed E-state index contributed by atoms with van der Waals surface area (Å²) in [4.78, 5) is 20.5. The predicted molar refractivity (Wildman–Crippen MR) is 93.2 cm³/mol. The number of ether oxygens (including phenoxy) is 1. The molecule has 2 heterocycles. The van der Waals surface area contributed by atoms with Gasteiger partial charge in [0, 0.05) is 38.9 Å². The molecule has 0 unspecified atom stereocenters. The number of aromatic nitrogens is 1. The molecule has 0 atom stereocenters. The van der Waals surface area contributed by atoms with Gasteiger partial charge in [0.2, 0.25) is 0 Å². The zero-order chi connectivity index (χ0) is 16.6. The number of carbonyl (C=O) groups excluding carboxylic acids is 1. The van der Waals surface area contributed by atoms with Crippen LogP contribution in [0.25, 0.3) is 0 Å². The molecule has 24 heavy (non-hydrogen) atoms. The number of nitrogens with zero attached hydrogens (tertiary/aromatic N) is 3. The molecule has 0 radical (unpaired) electrons. The third kappa shape index (κ3) is 4.70. The van der Waals surface area contributed by atoms with Gasteiger partial charge in [-0.2, -0.15) is 0 Å². The molecule has 2 amide bonds. The number of rotatable bonds is 5. The van der Waals surface area contributed by atoms with Crippen molar-refractivity contribution < 1.29 is 9.53 Å². The molecular weight excluding hydrogens is 304 g/mol. The second kappa shape index (κ2) is 8.31. The third-order valence-electron chi connectivity index (χ3n) is 3.98. The Morgan fingerprint density at radius 2 is 1.79 bits per heavy atom. The topological polar surface area (TPSA) is 57.7 Å². The minimum Gasteiger partial charge on any atom is -0.492 e. The first-order valence-electron chi connectivity index (χ1n) is 8.18. The Morgan fingerprint density at radius 3 is 2.50 bits per heavy atom. The highest BCUT2D eigenvalue weighted by Crippen LogP contribution is 2.09. The minimum absolute atomic E-state index is 0.0890. The number of benzene rings is 1. The maximum absolute atomic E-state index is 12.2. The first kappa shape index (κ1) is 16.3. The van der Waals surface area contributed by atoms with Crippen LogP contribution in [0.5, 0.6) is 5.75 Å². The van der Waals surface area contributed by atoms with E-state index in [1.54, 1.807) is 12.3 Å². The van der Waals surface area contributed by atoms with Crippen molar-refractivity contribution in [3.63, 3.8) is 0 Å². The van der Waals surface area contributed by atoms with Crippen LogP contribution >= 0.6 is 0 Å². The lowest BCUT2D eigenvalue weighted by atomic mass is 10.3. The van der Waals surface area contributed by atoms with Gasteiger partial charge in [0.05, 0.1) is 0 Å². The Kier molecular flexibility index (Phi) is 5.63. The maximum Gasteiger partial charge on any atom is 0.323 e. The summed E-state index contributed by atoms with van der Waals surface area (Å²) in [6.45, 7) is 4.66. The fourth-order valence-electron chi connectivity index (χ4n) is 2.61. The molecule has 1 aliphatic heterocycles. The van der Waals surface area contributed by atoms with Gasteiger partial charge in [-0.25, -0.2) is 9.78 Å². The number of carbonyl (C=O) groups is 1. The van der Waals surface area contributed by atoms with Crippen LogP contribution in [0.15, 0.2) is 54.7 Å². The Hall–Kier alpha value is -2.60. The summed E-state index contributed by atoms with van der Waals surface area (Å²) < 4.78 is 5.72. The molecule has 6 heteroatoms. The van der Waals surface area contributed by atoms with Crippen LogP contribution < -0.4 is 10.1 Å². The van der Waals surface area contributed by atoms with Crippen molar-refractivity contribution in [3.8, 4) is 5.75 Å². The molecule has 3 rings (SSSR count). The number of urea groups is 1. The van der Waals surface area contributed by atoms with Gasteiger partial charge in [-0.15, -0.1) is 0 Å². The van der Waals surface area contributed by atoms with Crippen molar-refractivity contribution in [1.82, 2.24) is 14.8 Å². The van der Waals surface area contributed by atoms with Crippen LogP contribution in [0.4, 0.5) is 10.6 Å². The Morgan fingerprint density at radius 1 is 1.04 bits per heavy atom. The van der Waals surface area contributed by atoms with E-state index >= 15 is 0 Å². The van der Waals surface area contributed by atoms with Crippen molar-refractivity contribution in [2.24, 2.45) is 0 Å². The van der Waals surface area contributed by atoms with E-state index < -0.39 is 0 Å². The van der Waals surface area contributed by atoms with Crippen LogP contribution in [0.2, 0.25) is 0 Å². The average molecular weight is 326 g/mol. The number of anilines is 1. The number of amides is 2. The van der Waals surface area contributed by atoms with Crippen LogP contribution in [0.3, 0.4) is 0 Å². The Balaban J connectivity index is 1.37. The van der Waals surface area contributed by atoms with E-state index in [2.05, 4.69) is 15.2 Å². The van der Waals surface area contributed by atoms with Gasteiger partial charge in [-0.1, -0.05) is 24.3 Å². The summed E-state index contributed by atoms with van der Waals surface area (Å²) in [6, 6.07) is 15.2. The summed E-state index contributed by atoms with van der Waals surface area (Å²) in [5.74, 6) is 1.48. The van der Waals surface area contributed by atoms with E-state index in [0.717, 1.165) is 25.4 Å². The molecule has 0 aliphatic carbocycles. The number of hydrogen-bond acceptors (Lipinski definition) is 4. The number of piperazine rings is 1. The van der Waals surface area contributed by atoms with E-state index in [0.29, 0.717) is 25.5 Å². The molecule has 2 aromatic rings. The molecule has 1 fully saturated rings. The monoisotopic (exact) mass is 326 g/mol. The summed E-state index contributed by atoms with van der Waals surface area (Å²) in [6.07, 6.45) is 1.67. The molecule has 1 saturated heterocycles. The fourth-order valence-corrected chi connectivity index (χ4v) is 2.61. The van der Waals surface area contributed by atoms with Crippen molar-refractivity contribution in [1.29, 1.82) is 0 Å². The molecule has 6 nitrogen and oxygen atoms in total. The predicted octanol–water partition coefficient (Wildman–Crippen LogP) is 2.31. The van der Waals surface area contributed by atoms with Crippen LogP contribution in [-0.4, -0.2) is 60.1 Å². The van der Waals surface area contributed by atoms with E-state index in [4.69, 9.17) is 4.74 Å². The van der Waals surface area contributed by atoms with Gasteiger partial charge in [0.1, 0.15) is 18.2 Å². The number of para-hydroxylation sites is 1. The average Bonchev–Trinajstić information content (AvgIpc) is 2.64. The van der Waals surface area contributed by atoms with Gasteiger partial charge in [-0.05, 0) is 24.3 Å². The smallest absolute Gasteiger partial charge is 0.323 e. The van der Waals surface area contributed by atoms with Crippen molar-refractivity contribution in [2.45, 2.75) is 0 Å². The molecule has 126 valence electrons. The maximum atomic E-state index is 12.2. The van der Waals surface area contributed by atoms with Crippen molar-refractivity contribution >= 4 is 11.8 Å². The van der Waals surface area contributed by atoms with Gasteiger partial charge < -0.3 is 9.64 Å². The summed E-state index contributed by atoms with van der Waals surface area (Å²) in [5.41, 5.74) is 0. The van der Waals surface area contributed by atoms with Crippen LogP contribution in [-0.2, 0) is 0 Å². The third-order valence-corrected chi connectivity index (χ3v) is 3.98. The molecule has 1 aromatic carbocycles. The lowest BCUT2D eigenvalue weighted by Crippen LogP contribution is -2.50. The highest BCUT2D eigenvalue weighted by molar-refractivity contribution is 5.88. The first-order chi connectivity index (χ1) is 11.8. The van der Waals surface area contributed by atoms with Crippen molar-refractivity contribution in [2.75, 3.05) is 44.6 Å². The van der Waals surface area contributed by atoms with Crippen LogP contribution in [0.1, 0.15) is 0 Å². The van der Waals surface area contributed by atoms with Gasteiger partial charge in [0.25, 0.3) is 0 Å². The standard InChI is InChI=1S/C18H22N4O2/c23-18(20-17-8-4-5-9-19-17)22-12-10-21(11-13-22)14-15-24-16-6-2-1-3-7-16/h1-9H,10-15H2,(H,19,20,23). The zero-order valence-corrected chi connectivity index (χ0v) is 13.6. The second-order valence-corrected chi connectivity index (χ2v) is 5.64. The Bertz CT molecular complexity index is 628. The molecule has 1 N–H and O–H groups in total. The molecule has 0 spiro atoms. The van der Waals surface area contributed by atoms with Crippen molar-refractivity contribution in [3.05, 3.63) is 54.7 Å². The van der Waals surface area contributed by atoms with Crippen LogP contribution in [0, 0.1) is 0 Å². The number of pyridine rings is 1. The first-order valence-corrected chi connectivity index (χ1v) is 8.18.